The average Bonchev–Trinajstić information content (AvgIpc) is 2.74. The second-order valence-electron chi connectivity index (χ2n) is 5.98. The molecule has 0 aliphatic heterocycles. The standard InChI is InChI=1S/C21H15AsN4O2/c1-28-16-10-9-15(18-19(16)24-12-25-20(18)22)13-5-7-14(8-6-13)21(27)26-17-4-2-3-11-23-17/h2-12H,1H3,(H,23,26,27). The Bertz CT molecular complexity index is 1150. The molecule has 4 rings (SSSR count). The molecule has 1 amide bonds. The van der Waals surface area contributed by atoms with Crippen LogP contribution in [0.15, 0.2) is 67.1 Å². The maximum absolute atomic E-state index is 12.4. The third-order valence-electron chi connectivity index (χ3n) is 4.32. The summed E-state index contributed by atoms with van der Waals surface area (Å²) in [6.07, 6.45) is 3.16. The number of carbonyl (C=O) groups excluding carboxylic acids is 1. The van der Waals surface area contributed by atoms with Gasteiger partial charge in [0, 0.05) is 0 Å². The van der Waals surface area contributed by atoms with Gasteiger partial charge in [-0.15, -0.1) is 0 Å². The van der Waals surface area contributed by atoms with Gasteiger partial charge in [-0.25, -0.2) is 0 Å². The predicted octanol–water partition coefficient (Wildman–Crippen LogP) is 2.75. The van der Waals surface area contributed by atoms with Crippen LogP contribution in [0.3, 0.4) is 0 Å². The number of fused-ring (bicyclic) bond motifs is 1. The topological polar surface area (TPSA) is 77.0 Å². The minimum absolute atomic E-state index is 0.207. The monoisotopic (exact) mass is 430 g/mol. The number of nitrogens with one attached hydrogen (secondary N) is 1. The van der Waals surface area contributed by atoms with Gasteiger partial charge in [0.15, 0.2) is 0 Å². The molecular weight excluding hydrogens is 415 g/mol. The SMILES string of the molecule is COc1ccc(-c2ccc(C(=O)Nc3ccccn3)cc2)c2c([As])ncnc12. The van der Waals surface area contributed by atoms with E-state index in [0.717, 1.165) is 26.5 Å². The number of pyridine rings is 1. The number of methoxy groups -OCH3 is 1. The van der Waals surface area contributed by atoms with Crippen molar-refractivity contribution in [2.75, 3.05) is 12.4 Å². The minimum atomic E-state index is -0.207. The van der Waals surface area contributed by atoms with E-state index in [1.54, 1.807) is 37.6 Å². The summed E-state index contributed by atoms with van der Waals surface area (Å²) in [4.78, 5) is 25.2. The molecule has 0 spiro atoms. The number of benzene rings is 2. The molecule has 0 aliphatic carbocycles. The first kappa shape index (κ1) is 18.1. The van der Waals surface area contributed by atoms with Crippen LogP contribution in [0, 0.1) is 0 Å². The number of amides is 1. The van der Waals surface area contributed by atoms with E-state index in [-0.39, 0.29) is 5.91 Å². The summed E-state index contributed by atoms with van der Waals surface area (Å²) in [6, 6.07) is 16.6. The fraction of sp³-hybridized carbons (Fsp3) is 0.0476. The molecule has 1 N–H and O–H groups in total. The molecule has 6 nitrogen and oxygen atoms in total. The van der Waals surface area contributed by atoms with E-state index in [1.807, 2.05) is 30.3 Å². The van der Waals surface area contributed by atoms with Gasteiger partial charge < -0.3 is 0 Å². The molecule has 0 saturated heterocycles. The molecular formula is C21H15AsN4O2. The molecule has 7 heteroatoms. The second kappa shape index (κ2) is 7.78. The summed E-state index contributed by atoms with van der Waals surface area (Å²) >= 11 is 2.47. The molecule has 4 aromatic rings. The van der Waals surface area contributed by atoms with E-state index in [1.165, 1.54) is 6.33 Å². The number of ether oxygens (including phenoxy) is 1. The van der Waals surface area contributed by atoms with Crippen LogP contribution in [0.5, 0.6) is 5.75 Å². The molecule has 2 radical (unpaired) electrons. The van der Waals surface area contributed by atoms with Crippen LogP contribution < -0.4 is 14.5 Å². The average molecular weight is 430 g/mol. The predicted molar refractivity (Wildman–Crippen MR) is 109 cm³/mol. The van der Waals surface area contributed by atoms with Gasteiger partial charge in [-0.2, -0.15) is 0 Å². The molecule has 136 valence electrons. The van der Waals surface area contributed by atoms with Crippen molar-refractivity contribution >= 4 is 44.0 Å². The molecule has 2 aromatic heterocycles. The van der Waals surface area contributed by atoms with Gasteiger partial charge in [-0.3, -0.25) is 0 Å². The summed E-state index contributed by atoms with van der Waals surface area (Å²) in [7, 11) is 1.62. The Morgan fingerprint density at radius 2 is 1.82 bits per heavy atom. The quantitative estimate of drug-likeness (QED) is 0.504. The Morgan fingerprint density at radius 1 is 1.00 bits per heavy atom. The normalized spacial score (nSPS) is 10.6. The van der Waals surface area contributed by atoms with Crippen molar-refractivity contribution in [3.05, 3.63) is 72.7 Å². The van der Waals surface area contributed by atoms with Crippen LogP contribution in [-0.4, -0.2) is 44.8 Å². The van der Waals surface area contributed by atoms with Gasteiger partial charge in [-0.05, 0) is 6.07 Å². The van der Waals surface area contributed by atoms with Crippen LogP contribution >= 0.6 is 0 Å². The molecule has 0 fully saturated rings. The Labute approximate surface area is 170 Å². The number of carbonyl (C=O) groups is 1. The van der Waals surface area contributed by atoms with Gasteiger partial charge in [0.05, 0.1) is 0 Å². The first-order valence-electron chi connectivity index (χ1n) is 8.51. The van der Waals surface area contributed by atoms with E-state index in [4.69, 9.17) is 4.74 Å². The molecule has 28 heavy (non-hydrogen) atoms. The number of nitrogens with zero attached hydrogens (tertiary/aromatic N) is 3. The van der Waals surface area contributed by atoms with Crippen LogP contribution in [0.4, 0.5) is 5.82 Å². The number of hydrogen-bond acceptors (Lipinski definition) is 5. The summed E-state index contributed by atoms with van der Waals surface area (Å²) in [5.41, 5.74) is 3.24. The molecule has 0 saturated carbocycles. The molecule has 2 aromatic carbocycles. The van der Waals surface area contributed by atoms with E-state index in [9.17, 15) is 4.79 Å². The van der Waals surface area contributed by atoms with Crippen molar-refractivity contribution in [1.82, 2.24) is 15.0 Å². The zero-order valence-corrected chi connectivity index (χ0v) is 16.8. The van der Waals surface area contributed by atoms with Crippen molar-refractivity contribution in [3.63, 3.8) is 0 Å². The molecule has 0 atom stereocenters. The van der Waals surface area contributed by atoms with Gasteiger partial charge in [0.1, 0.15) is 0 Å². The third kappa shape index (κ3) is 3.47. The molecule has 0 unspecified atom stereocenters. The van der Waals surface area contributed by atoms with Crippen LogP contribution in [0.25, 0.3) is 22.0 Å². The number of anilines is 1. The van der Waals surface area contributed by atoms with Gasteiger partial charge in [-0.1, -0.05) is 0 Å². The van der Waals surface area contributed by atoms with E-state index in [0.29, 0.717) is 17.1 Å². The Morgan fingerprint density at radius 3 is 2.54 bits per heavy atom. The Kier molecular flexibility index (Phi) is 5.04. The fourth-order valence-corrected chi connectivity index (χ4v) is 3.55. The summed E-state index contributed by atoms with van der Waals surface area (Å²) < 4.78 is 6.23. The van der Waals surface area contributed by atoms with Crippen molar-refractivity contribution in [1.29, 1.82) is 0 Å². The zero-order chi connectivity index (χ0) is 19.5. The molecule has 0 bridgehead atoms. The zero-order valence-electron chi connectivity index (χ0n) is 15.0. The van der Waals surface area contributed by atoms with Crippen LogP contribution in [0.2, 0.25) is 0 Å². The van der Waals surface area contributed by atoms with Crippen molar-refractivity contribution in [2.24, 2.45) is 0 Å². The van der Waals surface area contributed by atoms with Crippen molar-refractivity contribution in [3.8, 4) is 16.9 Å². The summed E-state index contributed by atoms with van der Waals surface area (Å²) in [5.74, 6) is 1.00. The molecule has 0 aliphatic rings. The van der Waals surface area contributed by atoms with E-state index < -0.39 is 0 Å². The van der Waals surface area contributed by atoms with Gasteiger partial charge in [0.2, 0.25) is 0 Å². The van der Waals surface area contributed by atoms with Crippen molar-refractivity contribution in [2.45, 2.75) is 0 Å². The van der Waals surface area contributed by atoms with Gasteiger partial charge >= 0.3 is 164 Å². The van der Waals surface area contributed by atoms with Crippen molar-refractivity contribution < 1.29 is 9.53 Å². The number of hydrogen-bond donors (Lipinski definition) is 1. The van der Waals surface area contributed by atoms with E-state index >= 15 is 0 Å². The van der Waals surface area contributed by atoms with Crippen LogP contribution in [0.1, 0.15) is 10.4 Å². The van der Waals surface area contributed by atoms with Crippen LogP contribution in [-0.2, 0) is 0 Å². The van der Waals surface area contributed by atoms with Gasteiger partial charge in [0.25, 0.3) is 0 Å². The summed E-state index contributed by atoms with van der Waals surface area (Å²) in [5, 5.41) is 3.69. The second-order valence-corrected chi connectivity index (χ2v) is 6.87. The Hall–Kier alpha value is -3.24. The molecule has 2 heterocycles. The maximum atomic E-state index is 12.4. The fourth-order valence-electron chi connectivity index (χ4n) is 2.96. The Balaban J connectivity index is 1.69. The van der Waals surface area contributed by atoms with E-state index in [2.05, 4.69) is 37.1 Å². The first-order valence-corrected chi connectivity index (χ1v) is 9.44. The third-order valence-corrected chi connectivity index (χ3v) is 5.03. The number of aromatic nitrogens is 3. The number of rotatable bonds is 4. The first-order chi connectivity index (χ1) is 13.7. The summed E-state index contributed by atoms with van der Waals surface area (Å²) in [6.45, 7) is 0.